The second-order valence-corrected chi connectivity index (χ2v) is 8.32. The van der Waals surface area contributed by atoms with Crippen LogP contribution in [0.15, 0.2) is 73.1 Å². The summed E-state index contributed by atoms with van der Waals surface area (Å²) in [4.78, 5) is 21.5. The number of nitrogens with zero attached hydrogens (tertiary/aromatic N) is 4. The molecule has 0 atom stereocenters. The first-order chi connectivity index (χ1) is 17.6. The maximum atomic E-state index is 12.2. The molecule has 1 aromatic carbocycles. The highest BCUT2D eigenvalue weighted by atomic mass is 16.6. The number of hydrogen-bond donors (Lipinski definition) is 1. The van der Waals surface area contributed by atoms with E-state index in [4.69, 9.17) is 19.6 Å². The molecule has 36 heavy (non-hydrogen) atoms. The van der Waals surface area contributed by atoms with Gasteiger partial charge in [-0.3, -0.25) is 9.97 Å². The molecule has 5 rings (SSSR count). The van der Waals surface area contributed by atoms with Gasteiger partial charge in [0, 0.05) is 54.9 Å². The number of benzene rings is 1. The molecular formula is C28H27N5O3. The van der Waals surface area contributed by atoms with Gasteiger partial charge in [0.05, 0.1) is 16.7 Å². The van der Waals surface area contributed by atoms with Crippen LogP contribution in [0, 0.1) is 6.92 Å². The van der Waals surface area contributed by atoms with Crippen molar-refractivity contribution in [3.63, 3.8) is 0 Å². The predicted molar refractivity (Wildman–Crippen MR) is 139 cm³/mol. The first-order valence-electron chi connectivity index (χ1n) is 12.0. The molecule has 0 bridgehead atoms. The quantitative estimate of drug-likeness (QED) is 0.297. The molecule has 4 heterocycles. The molecule has 0 unspecified atom stereocenters. The third kappa shape index (κ3) is 4.89. The molecule has 8 nitrogen and oxygen atoms in total. The van der Waals surface area contributed by atoms with Crippen molar-refractivity contribution in [3.05, 3.63) is 78.8 Å². The highest BCUT2D eigenvalue weighted by molar-refractivity contribution is 6.03. The molecule has 0 spiro atoms. The Morgan fingerprint density at radius 2 is 2.00 bits per heavy atom. The van der Waals surface area contributed by atoms with Crippen LogP contribution in [-0.2, 0) is 4.74 Å². The largest absolute Gasteiger partial charge is 0.412 e. The highest BCUT2D eigenvalue weighted by Gasteiger charge is 2.19. The van der Waals surface area contributed by atoms with Gasteiger partial charge in [0.25, 0.3) is 0 Å². The first-order valence-corrected chi connectivity index (χ1v) is 12.0. The van der Waals surface area contributed by atoms with Gasteiger partial charge < -0.3 is 14.8 Å². The van der Waals surface area contributed by atoms with Crippen LogP contribution in [0.3, 0.4) is 0 Å². The minimum absolute atomic E-state index is 0.426. The SMILES string of the molecule is CCOCCCNC(=O)Oc1ccc2c(-c3c(-c4cccc(C)n4)nn4ccccc34)ccnc2c1. The van der Waals surface area contributed by atoms with E-state index in [1.54, 1.807) is 18.3 Å². The molecule has 0 aliphatic carbocycles. The Morgan fingerprint density at radius 3 is 2.86 bits per heavy atom. The molecule has 0 aliphatic heterocycles. The zero-order valence-electron chi connectivity index (χ0n) is 20.3. The number of amides is 1. The van der Waals surface area contributed by atoms with E-state index in [1.165, 1.54) is 0 Å². The lowest BCUT2D eigenvalue weighted by atomic mass is 9.98. The van der Waals surface area contributed by atoms with E-state index < -0.39 is 6.09 Å². The van der Waals surface area contributed by atoms with Crippen molar-refractivity contribution in [2.75, 3.05) is 19.8 Å². The van der Waals surface area contributed by atoms with Crippen molar-refractivity contribution in [1.29, 1.82) is 0 Å². The van der Waals surface area contributed by atoms with Gasteiger partial charge in [-0.1, -0.05) is 12.1 Å². The molecule has 1 N–H and O–H groups in total. The average molecular weight is 482 g/mol. The van der Waals surface area contributed by atoms with Gasteiger partial charge in [-0.15, -0.1) is 0 Å². The molecule has 0 aliphatic rings. The van der Waals surface area contributed by atoms with Gasteiger partial charge in [-0.25, -0.2) is 9.31 Å². The normalized spacial score (nSPS) is 11.2. The lowest BCUT2D eigenvalue weighted by Gasteiger charge is -2.10. The molecule has 8 heteroatoms. The molecule has 182 valence electrons. The smallest absolute Gasteiger partial charge is 0.410 e. The number of carbonyl (C=O) groups is 1. The summed E-state index contributed by atoms with van der Waals surface area (Å²) in [6.07, 6.45) is 3.91. The number of aromatic nitrogens is 4. The van der Waals surface area contributed by atoms with Crippen molar-refractivity contribution in [3.8, 4) is 28.3 Å². The minimum atomic E-state index is -0.502. The summed E-state index contributed by atoms with van der Waals surface area (Å²) < 4.78 is 12.6. The van der Waals surface area contributed by atoms with Crippen LogP contribution in [-0.4, -0.2) is 45.4 Å². The summed E-state index contributed by atoms with van der Waals surface area (Å²) in [5, 5.41) is 8.53. The number of pyridine rings is 3. The van der Waals surface area contributed by atoms with Gasteiger partial charge in [-0.05, 0) is 68.3 Å². The molecule has 0 saturated carbocycles. The standard InChI is InChI=1S/C28H27N5O3/c1-3-35-17-7-14-30-28(34)36-20-11-12-21-22(13-15-29-24(21)18-20)26-25-10-4-5-16-33(25)32-27(26)23-9-6-8-19(2)31-23/h4-6,8-13,15-16,18H,3,7,14,17H2,1-2H3,(H,30,34). The van der Waals surface area contributed by atoms with Gasteiger partial charge in [0.1, 0.15) is 11.4 Å². The Kier molecular flexibility index (Phi) is 6.86. The first kappa shape index (κ1) is 23.4. The van der Waals surface area contributed by atoms with E-state index in [1.807, 2.05) is 73.1 Å². The molecular weight excluding hydrogens is 454 g/mol. The average Bonchev–Trinajstić information content (AvgIpc) is 3.27. The predicted octanol–water partition coefficient (Wildman–Crippen LogP) is 5.43. The van der Waals surface area contributed by atoms with E-state index in [9.17, 15) is 4.79 Å². The van der Waals surface area contributed by atoms with Crippen molar-refractivity contribution in [1.82, 2.24) is 24.9 Å². The van der Waals surface area contributed by atoms with Crippen LogP contribution < -0.4 is 10.1 Å². The van der Waals surface area contributed by atoms with Crippen molar-refractivity contribution in [2.45, 2.75) is 20.3 Å². The number of aryl methyl sites for hydroxylation is 1. The van der Waals surface area contributed by atoms with Gasteiger partial charge in [0.15, 0.2) is 0 Å². The summed E-state index contributed by atoms with van der Waals surface area (Å²) in [6, 6.07) is 19.4. The Bertz CT molecular complexity index is 1530. The fourth-order valence-electron chi connectivity index (χ4n) is 4.18. The Morgan fingerprint density at radius 1 is 1.08 bits per heavy atom. The molecule has 4 aromatic heterocycles. The molecule has 0 radical (unpaired) electrons. The van der Waals surface area contributed by atoms with Crippen molar-refractivity contribution in [2.24, 2.45) is 0 Å². The molecule has 1 amide bonds. The van der Waals surface area contributed by atoms with E-state index >= 15 is 0 Å². The van der Waals surface area contributed by atoms with E-state index in [0.29, 0.717) is 31.0 Å². The maximum absolute atomic E-state index is 12.2. The highest BCUT2D eigenvalue weighted by Crippen LogP contribution is 2.38. The summed E-state index contributed by atoms with van der Waals surface area (Å²) >= 11 is 0. The van der Waals surface area contributed by atoms with Crippen LogP contribution in [0.2, 0.25) is 0 Å². The Hall–Kier alpha value is -4.30. The monoisotopic (exact) mass is 481 g/mol. The van der Waals surface area contributed by atoms with Crippen LogP contribution >= 0.6 is 0 Å². The topological polar surface area (TPSA) is 90.6 Å². The number of fused-ring (bicyclic) bond motifs is 2. The van der Waals surface area contributed by atoms with Gasteiger partial charge >= 0.3 is 6.09 Å². The van der Waals surface area contributed by atoms with Crippen molar-refractivity contribution < 1.29 is 14.3 Å². The fraction of sp³-hybridized carbons (Fsp3) is 0.214. The number of ether oxygens (including phenoxy) is 2. The lowest BCUT2D eigenvalue weighted by molar-refractivity contribution is 0.144. The number of rotatable bonds is 8. The van der Waals surface area contributed by atoms with E-state index in [2.05, 4.69) is 10.3 Å². The molecule has 0 saturated heterocycles. The summed E-state index contributed by atoms with van der Waals surface area (Å²) in [7, 11) is 0. The fourth-order valence-corrected chi connectivity index (χ4v) is 4.18. The van der Waals surface area contributed by atoms with Gasteiger partial charge in [-0.2, -0.15) is 5.10 Å². The summed E-state index contributed by atoms with van der Waals surface area (Å²) in [5.74, 6) is 0.426. The van der Waals surface area contributed by atoms with Crippen LogP contribution in [0.1, 0.15) is 19.0 Å². The number of carbonyl (C=O) groups excluding carboxylic acids is 1. The lowest BCUT2D eigenvalue weighted by Crippen LogP contribution is -2.28. The second-order valence-electron chi connectivity index (χ2n) is 8.32. The maximum Gasteiger partial charge on any atom is 0.412 e. The van der Waals surface area contributed by atoms with Gasteiger partial charge in [0.2, 0.25) is 0 Å². The Labute approximate surface area is 208 Å². The minimum Gasteiger partial charge on any atom is -0.410 e. The third-order valence-electron chi connectivity index (χ3n) is 5.80. The summed E-state index contributed by atoms with van der Waals surface area (Å²) in [6.45, 7) is 5.66. The zero-order valence-corrected chi connectivity index (χ0v) is 20.3. The number of nitrogens with one attached hydrogen (secondary N) is 1. The van der Waals surface area contributed by atoms with E-state index in [-0.39, 0.29) is 0 Å². The van der Waals surface area contributed by atoms with E-state index in [0.717, 1.165) is 45.5 Å². The Balaban J connectivity index is 1.50. The number of hydrogen-bond acceptors (Lipinski definition) is 6. The van der Waals surface area contributed by atoms with Crippen LogP contribution in [0.4, 0.5) is 4.79 Å². The molecule has 0 fully saturated rings. The van der Waals surface area contributed by atoms with Crippen LogP contribution in [0.25, 0.3) is 38.9 Å². The molecule has 5 aromatic rings. The van der Waals surface area contributed by atoms with Crippen LogP contribution in [0.5, 0.6) is 5.75 Å². The second kappa shape index (κ2) is 10.5. The zero-order chi connectivity index (χ0) is 24.9. The summed E-state index contributed by atoms with van der Waals surface area (Å²) in [5.41, 5.74) is 6.16. The van der Waals surface area contributed by atoms with Crippen molar-refractivity contribution >= 4 is 22.5 Å². The third-order valence-corrected chi connectivity index (χ3v) is 5.80.